The van der Waals surface area contributed by atoms with Gasteiger partial charge in [-0.25, -0.2) is 9.36 Å². The van der Waals surface area contributed by atoms with Crippen molar-refractivity contribution < 1.29 is 42.3 Å². The molecule has 1 heterocycles. The maximum atomic E-state index is 12.3. The van der Waals surface area contributed by atoms with Crippen LogP contribution in [-0.4, -0.2) is 63.3 Å². The van der Waals surface area contributed by atoms with Gasteiger partial charge in [-0.2, -0.15) is 0 Å². The van der Waals surface area contributed by atoms with Crippen LogP contribution in [0.25, 0.3) is 0 Å². The number of nitrogens with one attached hydrogen (secondary N) is 1. The molecule has 1 saturated heterocycles. The lowest BCUT2D eigenvalue weighted by Crippen LogP contribution is -2.34. The minimum Gasteiger partial charge on any atom is -0.431 e. The highest BCUT2D eigenvalue weighted by Gasteiger charge is 2.46. The number of unbranched alkanes of at least 4 members (excludes halogenated alkanes) is 12. The van der Waals surface area contributed by atoms with Crippen molar-refractivity contribution in [1.82, 2.24) is 5.32 Å². The number of ether oxygens (including phenoxy) is 3. The van der Waals surface area contributed by atoms with Gasteiger partial charge in [-0.1, -0.05) is 114 Å². The van der Waals surface area contributed by atoms with E-state index >= 15 is 0 Å². The Morgan fingerprint density at radius 2 is 1.51 bits per heavy atom. The summed E-state index contributed by atoms with van der Waals surface area (Å²) in [6.45, 7) is 2.59. The average Bonchev–Trinajstić information content (AvgIpc) is 3.32. The van der Waals surface area contributed by atoms with Gasteiger partial charge in [0.25, 0.3) is 0 Å². The Balaban J connectivity index is 1.62. The van der Waals surface area contributed by atoms with E-state index in [0.29, 0.717) is 25.8 Å². The van der Waals surface area contributed by atoms with Crippen molar-refractivity contribution in [3.05, 3.63) is 35.9 Å². The highest BCUT2D eigenvalue weighted by Crippen LogP contribution is 2.48. The molecule has 2 N–H and O–H groups in total. The number of benzene rings is 1. The molecule has 1 fully saturated rings. The number of amides is 1. The lowest BCUT2D eigenvalue weighted by Gasteiger charge is -2.25. The lowest BCUT2D eigenvalue weighted by molar-refractivity contribution is -0.121. The molecule has 2 rings (SSSR count). The zero-order valence-corrected chi connectivity index (χ0v) is 28.7. The van der Waals surface area contributed by atoms with Gasteiger partial charge in [0, 0.05) is 32.0 Å². The summed E-state index contributed by atoms with van der Waals surface area (Å²) in [5, 5.41) is 2.98. The van der Waals surface area contributed by atoms with E-state index in [4.69, 9.17) is 18.7 Å². The molecule has 10 nitrogen and oxygen atoms in total. The van der Waals surface area contributed by atoms with E-state index in [1.807, 2.05) is 38.2 Å². The zero-order valence-electron chi connectivity index (χ0n) is 27.8. The van der Waals surface area contributed by atoms with Gasteiger partial charge in [0.05, 0.1) is 0 Å². The number of phosphoric ester groups is 1. The van der Waals surface area contributed by atoms with E-state index in [-0.39, 0.29) is 31.0 Å². The third-order valence-corrected chi connectivity index (χ3v) is 9.35. The number of carbonyl (C=O) groups excluding carboxylic acids is 2. The van der Waals surface area contributed by atoms with Crippen LogP contribution in [0.5, 0.6) is 0 Å². The fourth-order valence-corrected chi connectivity index (χ4v) is 6.42. The monoisotopic (exact) mass is 653 g/mol. The Labute approximate surface area is 271 Å². The minimum absolute atomic E-state index is 0.0427. The summed E-state index contributed by atoms with van der Waals surface area (Å²) < 4.78 is 38.7. The molecular weight excluding hydrogens is 596 g/mol. The van der Waals surface area contributed by atoms with Gasteiger partial charge >= 0.3 is 14.0 Å². The Morgan fingerprint density at radius 1 is 0.911 bits per heavy atom. The van der Waals surface area contributed by atoms with Gasteiger partial charge in [-0.3, -0.25) is 13.8 Å². The molecule has 0 bridgehead atoms. The molecule has 1 aliphatic heterocycles. The Bertz CT molecular complexity index is 986. The third-order valence-electron chi connectivity index (χ3n) is 8.38. The minimum atomic E-state index is -4.33. The van der Waals surface area contributed by atoms with Crippen molar-refractivity contribution in [3.8, 4) is 0 Å². The first-order valence-corrected chi connectivity index (χ1v) is 18.6. The second-order valence-corrected chi connectivity index (χ2v) is 13.6. The summed E-state index contributed by atoms with van der Waals surface area (Å²) in [6.07, 6.45) is 15.7. The van der Waals surface area contributed by atoms with Crippen molar-refractivity contribution in [3.63, 3.8) is 0 Å². The molecule has 0 radical (unpaired) electrons. The predicted molar refractivity (Wildman–Crippen MR) is 178 cm³/mol. The average molecular weight is 654 g/mol. The molecular formula is C33H57BNO9P. The van der Waals surface area contributed by atoms with Gasteiger partial charge in [-0.05, 0) is 24.8 Å². The van der Waals surface area contributed by atoms with Crippen LogP contribution >= 0.6 is 7.82 Å². The Morgan fingerprint density at radius 3 is 2.11 bits per heavy atom. The molecule has 12 heteroatoms. The molecule has 1 amide bonds. The SMILES string of the molecule is B[C@@H]1O[C@H](COC(=O)OCc2ccccc2)C(OP(=O)(O)OC)[C@@H]1CCCNC(=O)CCCCCCCCCCCCCCC. The number of phosphoric acid groups is 1. The van der Waals surface area contributed by atoms with Crippen LogP contribution in [0, 0.1) is 5.92 Å². The predicted octanol–water partition coefficient (Wildman–Crippen LogP) is 6.82. The van der Waals surface area contributed by atoms with Gasteiger partial charge in [0.15, 0.2) is 0 Å². The van der Waals surface area contributed by atoms with E-state index in [2.05, 4.69) is 16.8 Å². The summed E-state index contributed by atoms with van der Waals surface area (Å²) in [7, 11) is -1.40. The molecule has 1 aliphatic rings. The second kappa shape index (κ2) is 23.4. The smallest absolute Gasteiger partial charge is 0.431 e. The third kappa shape index (κ3) is 17.6. The summed E-state index contributed by atoms with van der Waals surface area (Å²) in [5.41, 5.74) is 0.819. The van der Waals surface area contributed by atoms with E-state index in [0.717, 1.165) is 25.5 Å². The van der Waals surface area contributed by atoms with E-state index in [1.54, 1.807) is 0 Å². The first-order chi connectivity index (χ1) is 21.8. The van der Waals surface area contributed by atoms with E-state index in [9.17, 15) is 19.0 Å². The summed E-state index contributed by atoms with van der Waals surface area (Å²) in [6, 6.07) is 8.88. The summed E-state index contributed by atoms with van der Waals surface area (Å²) >= 11 is 0. The number of hydrogen-bond acceptors (Lipinski definition) is 8. The molecule has 1 aromatic rings. The first kappa shape index (κ1) is 39.3. The fraction of sp³-hybridized carbons (Fsp3) is 0.758. The van der Waals surface area contributed by atoms with E-state index in [1.165, 1.54) is 70.6 Å². The Hall–Kier alpha value is -1.91. The van der Waals surface area contributed by atoms with Crippen LogP contribution < -0.4 is 5.32 Å². The van der Waals surface area contributed by atoms with Crippen LogP contribution in [-0.2, 0) is 39.2 Å². The summed E-state index contributed by atoms with van der Waals surface area (Å²) in [4.78, 5) is 34.5. The van der Waals surface area contributed by atoms with Crippen LogP contribution in [0.15, 0.2) is 30.3 Å². The molecule has 0 spiro atoms. The lowest BCUT2D eigenvalue weighted by atomic mass is 9.82. The standard InChI is InChI=1S/C33H57BNO9P/c1-3-4-5-6-7-8-9-10-11-12-13-14-18-23-30(36)35-24-19-22-28-31(44-45(38,39)40-2)29(43-32(28)34)26-42-33(37)41-25-27-20-16-15-17-21-27/h15-17,20-21,28-29,31-32H,3-14,18-19,22-26,34H2,1-2H3,(H,35,36)(H,38,39)/t28-,29+,31?,32+/m0/s1. The van der Waals surface area contributed by atoms with Gasteiger partial charge in [-0.15, -0.1) is 0 Å². The molecule has 0 aromatic heterocycles. The maximum absolute atomic E-state index is 12.3. The van der Waals surface area contributed by atoms with Crippen LogP contribution in [0.1, 0.15) is 115 Å². The molecule has 1 aromatic carbocycles. The Kier molecular flexibility index (Phi) is 20.4. The molecule has 0 aliphatic carbocycles. The number of carbonyl (C=O) groups is 2. The van der Waals surface area contributed by atoms with Crippen molar-refractivity contribution in [2.75, 3.05) is 20.3 Å². The van der Waals surface area contributed by atoms with Crippen molar-refractivity contribution in [1.29, 1.82) is 0 Å². The van der Waals surface area contributed by atoms with Gasteiger partial charge in [0.1, 0.15) is 33.3 Å². The van der Waals surface area contributed by atoms with Gasteiger partial charge in [0.2, 0.25) is 5.91 Å². The molecule has 256 valence electrons. The van der Waals surface area contributed by atoms with Crippen molar-refractivity contribution in [2.24, 2.45) is 5.92 Å². The van der Waals surface area contributed by atoms with Crippen LogP contribution in [0.2, 0.25) is 0 Å². The quantitative estimate of drug-likeness (QED) is 0.0505. The highest BCUT2D eigenvalue weighted by molar-refractivity contribution is 7.47. The number of hydrogen-bond donors (Lipinski definition) is 2. The second-order valence-electron chi connectivity index (χ2n) is 12.1. The molecule has 2 unspecified atom stereocenters. The van der Waals surface area contributed by atoms with Crippen molar-refractivity contribution in [2.45, 2.75) is 134 Å². The van der Waals surface area contributed by atoms with Crippen LogP contribution in [0.3, 0.4) is 0 Å². The zero-order chi connectivity index (χ0) is 32.8. The fourth-order valence-electron chi connectivity index (χ4n) is 5.74. The van der Waals surface area contributed by atoms with Crippen molar-refractivity contribution >= 4 is 27.7 Å². The maximum Gasteiger partial charge on any atom is 0.508 e. The first-order valence-electron chi connectivity index (χ1n) is 17.1. The van der Waals surface area contributed by atoms with E-state index < -0.39 is 26.2 Å². The molecule has 5 atom stereocenters. The topological polar surface area (TPSA) is 130 Å². The van der Waals surface area contributed by atoms with Crippen LogP contribution in [0.4, 0.5) is 4.79 Å². The largest absolute Gasteiger partial charge is 0.508 e. The highest BCUT2D eigenvalue weighted by atomic mass is 31.2. The molecule has 45 heavy (non-hydrogen) atoms. The number of rotatable bonds is 25. The van der Waals surface area contributed by atoms with Gasteiger partial charge < -0.3 is 24.4 Å². The summed E-state index contributed by atoms with van der Waals surface area (Å²) in [5.74, 6) is -0.228. The normalized spacial score (nSPS) is 20.9. The molecule has 0 saturated carbocycles.